The van der Waals surface area contributed by atoms with Gasteiger partial charge >= 0.3 is 0 Å². The van der Waals surface area contributed by atoms with Crippen molar-refractivity contribution in [2.75, 3.05) is 32.7 Å². The highest BCUT2D eigenvalue weighted by molar-refractivity contribution is 6.06. The molecule has 1 fully saturated rings. The predicted molar refractivity (Wildman–Crippen MR) is 121 cm³/mol. The molecule has 1 aliphatic rings. The van der Waals surface area contributed by atoms with Crippen LogP contribution in [0.2, 0.25) is 0 Å². The van der Waals surface area contributed by atoms with E-state index < -0.39 is 0 Å². The molecule has 0 bridgehead atoms. The van der Waals surface area contributed by atoms with E-state index in [0.717, 1.165) is 55.0 Å². The zero-order chi connectivity index (χ0) is 21.3. The van der Waals surface area contributed by atoms with Crippen molar-refractivity contribution in [3.05, 3.63) is 48.2 Å². The van der Waals surface area contributed by atoms with Crippen molar-refractivity contribution < 1.29 is 4.79 Å². The molecule has 1 saturated heterocycles. The third-order valence-corrected chi connectivity index (χ3v) is 5.64. The normalized spacial score (nSPS) is 15.5. The fourth-order valence-electron chi connectivity index (χ4n) is 4.15. The van der Waals surface area contributed by atoms with Crippen LogP contribution in [0.1, 0.15) is 44.1 Å². The van der Waals surface area contributed by atoms with Gasteiger partial charge in [-0.2, -0.15) is 5.10 Å². The van der Waals surface area contributed by atoms with Crippen LogP contribution >= 0.6 is 0 Å². The van der Waals surface area contributed by atoms with Gasteiger partial charge in [0.25, 0.3) is 5.91 Å². The van der Waals surface area contributed by atoms with Gasteiger partial charge in [-0.25, -0.2) is 9.67 Å². The molecule has 158 valence electrons. The molecule has 0 spiro atoms. The second-order valence-electron chi connectivity index (χ2n) is 8.83. The van der Waals surface area contributed by atoms with Gasteiger partial charge in [0.15, 0.2) is 5.65 Å². The molecule has 1 aliphatic heterocycles. The van der Waals surface area contributed by atoms with Crippen LogP contribution in [0.25, 0.3) is 22.3 Å². The predicted octanol–water partition coefficient (Wildman–Crippen LogP) is 4.09. The average Bonchev–Trinajstić information content (AvgIpc) is 3.18. The van der Waals surface area contributed by atoms with Crippen molar-refractivity contribution in [1.29, 1.82) is 0 Å². The molecule has 0 saturated carbocycles. The minimum atomic E-state index is 0.0760. The Morgan fingerprint density at radius 3 is 2.37 bits per heavy atom. The zero-order valence-corrected chi connectivity index (χ0v) is 18.4. The maximum absolute atomic E-state index is 13.5. The topological polar surface area (TPSA) is 54.3 Å². The van der Waals surface area contributed by atoms with E-state index in [1.54, 1.807) is 6.20 Å². The number of aromatic nitrogens is 3. The van der Waals surface area contributed by atoms with E-state index in [-0.39, 0.29) is 11.9 Å². The van der Waals surface area contributed by atoms with E-state index >= 15 is 0 Å². The Morgan fingerprint density at radius 1 is 1.03 bits per heavy atom. The average molecular weight is 406 g/mol. The van der Waals surface area contributed by atoms with Crippen LogP contribution in [0.3, 0.4) is 0 Å². The molecule has 1 aromatic carbocycles. The summed E-state index contributed by atoms with van der Waals surface area (Å²) in [7, 11) is 0. The number of rotatable bonds is 5. The number of amides is 1. The summed E-state index contributed by atoms with van der Waals surface area (Å²) in [6.45, 7) is 13.1. The highest BCUT2D eigenvalue weighted by Gasteiger charge is 2.26. The van der Waals surface area contributed by atoms with Gasteiger partial charge in [-0.15, -0.1) is 0 Å². The molecule has 3 aromatic rings. The van der Waals surface area contributed by atoms with Crippen LogP contribution < -0.4 is 0 Å². The molecular formula is C24H31N5O. The first-order valence-electron chi connectivity index (χ1n) is 10.9. The third-order valence-electron chi connectivity index (χ3n) is 5.64. The van der Waals surface area contributed by atoms with E-state index in [4.69, 9.17) is 4.98 Å². The molecule has 0 aliphatic carbocycles. The summed E-state index contributed by atoms with van der Waals surface area (Å²) in [5.41, 5.74) is 3.29. The molecule has 30 heavy (non-hydrogen) atoms. The molecule has 0 unspecified atom stereocenters. The maximum atomic E-state index is 13.5. The molecule has 4 rings (SSSR count). The van der Waals surface area contributed by atoms with Crippen LogP contribution in [-0.2, 0) is 0 Å². The number of piperazine rings is 1. The molecule has 6 heteroatoms. The molecule has 0 atom stereocenters. The summed E-state index contributed by atoms with van der Waals surface area (Å²) in [6.07, 6.45) is 1.79. The highest BCUT2D eigenvalue weighted by Crippen LogP contribution is 2.27. The smallest absolute Gasteiger partial charge is 0.254 e. The van der Waals surface area contributed by atoms with Crippen LogP contribution in [0.4, 0.5) is 0 Å². The number of fused-ring (bicyclic) bond motifs is 1. The monoisotopic (exact) mass is 405 g/mol. The van der Waals surface area contributed by atoms with Crippen LogP contribution in [0, 0.1) is 5.92 Å². The van der Waals surface area contributed by atoms with Crippen molar-refractivity contribution in [3.8, 4) is 11.3 Å². The summed E-state index contributed by atoms with van der Waals surface area (Å²) >= 11 is 0. The SMILES string of the molecule is CC(C)CN1CCN(C(=O)c2cc(-c3ccccc3)nc3c2cnn3C(C)C)CC1. The molecule has 1 amide bonds. The lowest BCUT2D eigenvalue weighted by molar-refractivity contribution is 0.0625. The maximum Gasteiger partial charge on any atom is 0.254 e. The Labute approximate surface area is 178 Å². The summed E-state index contributed by atoms with van der Waals surface area (Å²) in [6, 6.07) is 12.2. The Kier molecular flexibility index (Phi) is 5.86. The Morgan fingerprint density at radius 2 is 1.73 bits per heavy atom. The number of benzene rings is 1. The Balaban J connectivity index is 1.70. The number of hydrogen-bond acceptors (Lipinski definition) is 4. The van der Waals surface area contributed by atoms with E-state index in [9.17, 15) is 4.79 Å². The van der Waals surface area contributed by atoms with Gasteiger partial charge in [-0.1, -0.05) is 44.2 Å². The number of carbonyl (C=O) groups is 1. The third kappa shape index (κ3) is 4.10. The Hall–Kier alpha value is -2.73. The number of nitrogens with zero attached hydrogens (tertiary/aromatic N) is 5. The van der Waals surface area contributed by atoms with Gasteiger partial charge in [0.2, 0.25) is 0 Å². The van der Waals surface area contributed by atoms with Crippen molar-refractivity contribution in [2.45, 2.75) is 33.7 Å². The van der Waals surface area contributed by atoms with E-state index in [0.29, 0.717) is 11.5 Å². The first-order valence-corrected chi connectivity index (χ1v) is 10.9. The van der Waals surface area contributed by atoms with Gasteiger partial charge in [-0.05, 0) is 25.8 Å². The van der Waals surface area contributed by atoms with Crippen LogP contribution in [0.15, 0.2) is 42.6 Å². The zero-order valence-electron chi connectivity index (χ0n) is 18.4. The fraction of sp³-hybridized carbons (Fsp3) is 0.458. The first-order chi connectivity index (χ1) is 14.4. The second-order valence-corrected chi connectivity index (χ2v) is 8.83. The standard InChI is InChI=1S/C24H31N5O/c1-17(2)16-27-10-12-28(13-11-27)24(30)20-14-22(19-8-6-5-7-9-19)26-23-21(20)15-25-29(23)18(3)4/h5-9,14-15,17-18H,10-13,16H2,1-4H3. The van der Waals surface area contributed by atoms with Crippen LogP contribution in [-0.4, -0.2) is 63.2 Å². The summed E-state index contributed by atoms with van der Waals surface area (Å²) < 4.78 is 1.90. The minimum Gasteiger partial charge on any atom is -0.336 e. The molecule has 0 N–H and O–H groups in total. The fourth-order valence-corrected chi connectivity index (χ4v) is 4.15. The summed E-state index contributed by atoms with van der Waals surface area (Å²) in [5.74, 6) is 0.717. The van der Waals surface area contributed by atoms with E-state index in [2.05, 4.69) is 37.7 Å². The van der Waals surface area contributed by atoms with Crippen LogP contribution in [0.5, 0.6) is 0 Å². The van der Waals surface area contributed by atoms with E-state index in [1.807, 2.05) is 46.0 Å². The van der Waals surface area contributed by atoms with Crippen molar-refractivity contribution in [2.24, 2.45) is 5.92 Å². The lowest BCUT2D eigenvalue weighted by Gasteiger charge is -2.35. The molecule has 2 aromatic heterocycles. The van der Waals surface area contributed by atoms with Gasteiger partial charge < -0.3 is 4.90 Å². The summed E-state index contributed by atoms with van der Waals surface area (Å²) in [5, 5.41) is 5.37. The van der Waals surface area contributed by atoms with Gasteiger partial charge in [0.05, 0.1) is 22.8 Å². The largest absolute Gasteiger partial charge is 0.336 e. The Bertz CT molecular complexity index is 1020. The molecular weight excluding hydrogens is 374 g/mol. The number of carbonyl (C=O) groups excluding carboxylic acids is 1. The highest BCUT2D eigenvalue weighted by atomic mass is 16.2. The van der Waals surface area contributed by atoms with Crippen molar-refractivity contribution in [1.82, 2.24) is 24.6 Å². The van der Waals surface area contributed by atoms with Crippen molar-refractivity contribution in [3.63, 3.8) is 0 Å². The molecule has 3 heterocycles. The molecule has 0 radical (unpaired) electrons. The summed E-state index contributed by atoms with van der Waals surface area (Å²) in [4.78, 5) is 22.9. The number of pyridine rings is 1. The van der Waals surface area contributed by atoms with Gasteiger partial charge in [-0.3, -0.25) is 9.69 Å². The quantitative estimate of drug-likeness (QED) is 0.641. The minimum absolute atomic E-state index is 0.0760. The van der Waals surface area contributed by atoms with Gasteiger partial charge in [0, 0.05) is 44.3 Å². The van der Waals surface area contributed by atoms with E-state index in [1.165, 1.54) is 0 Å². The molecule has 6 nitrogen and oxygen atoms in total. The lowest BCUT2D eigenvalue weighted by Crippen LogP contribution is -2.49. The lowest BCUT2D eigenvalue weighted by atomic mass is 10.1. The first kappa shape index (κ1) is 20.5. The van der Waals surface area contributed by atoms with Crippen molar-refractivity contribution >= 4 is 16.9 Å². The van der Waals surface area contributed by atoms with Gasteiger partial charge in [0.1, 0.15) is 0 Å². The number of hydrogen-bond donors (Lipinski definition) is 0. The second kappa shape index (κ2) is 8.56.